The van der Waals surface area contributed by atoms with Crippen molar-refractivity contribution < 1.29 is 4.79 Å². The Morgan fingerprint density at radius 2 is 1.82 bits per heavy atom. The van der Waals surface area contributed by atoms with Crippen molar-refractivity contribution >= 4 is 5.91 Å². The van der Waals surface area contributed by atoms with Gasteiger partial charge in [-0.2, -0.15) is 0 Å². The molecule has 0 fully saturated rings. The van der Waals surface area contributed by atoms with Crippen LogP contribution in [0.2, 0.25) is 0 Å². The van der Waals surface area contributed by atoms with Crippen molar-refractivity contribution in [1.29, 1.82) is 0 Å². The Morgan fingerprint density at radius 3 is 2.55 bits per heavy atom. The molecule has 0 radical (unpaired) electrons. The highest BCUT2D eigenvalue weighted by molar-refractivity contribution is 5.92. The number of rotatable bonds is 0. The molecule has 0 saturated carbocycles. The molecule has 1 amide bonds. The second-order valence-corrected chi connectivity index (χ2v) is 2.36. The van der Waals surface area contributed by atoms with E-state index in [0.29, 0.717) is 6.54 Å². The molecule has 5 heteroatoms. The molecule has 1 aliphatic rings. The van der Waals surface area contributed by atoms with E-state index < -0.39 is 0 Å². The average molecular weight is 156 g/mol. The minimum atomic E-state index is -0.297. The molecule has 11 heavy (non-hydrogen) atoms. The summed E-state index contributed by atoms with van der Waals surface area (Å²) in [7, 11) is 0. The largest absolute Gasteiger partial charge is 0.391 e. The fourth-order valence-electron chi connectivity index (χ4n) is 0.826. The summed E-state index contributed by atoms with van der Waals surface area (Å²) in [6.07, 6.45) is 0.861. The van der Waals surface area contributed by atoms with E-state index in [9.17, 15) is 4.79 Å². The predicted molar refractivity (Wildman–Crippen MR) is 41.0 cm³/mol. The lowest BCUT2D eigenvalue weighted by atomic mass is 10.3. The molecular weight excluding hydrogens is 144 g/mol. The Kier molecular flexibility index (Phi) is 2.20. The molecule has 0 bridgehead atoms. The molecule has 5 nitrogen and oxygen atoms in total. The summed E-state index contributed by atoms with van der Waals surface area (Å²) in [6.45, 7) is 1.38. The SMILES string of the molecule is N/C1=C(\N)C(=O)NCCCN1. The predicted octanol–water partition coefficient (Wildman–Crippen LogP) is -1.82. The highest BCUT2D eigenvalue weighted by Gasteiger charge is 2.10. The first-order valence-corrected chi connectivity index (χ1v) is 3.49. The zero-order valence-electron chi connectivity index (χ0n) is 6.18. The molecular formula is C6H12N4O. The monoisotopic (exact) mass is 156 g/mol. The maximum atomic E-state index is 11.0. The van der Waals surface area contributed by atoms with Crippen LogP contribution in [0.15, 0.2) is 11.5 Å². The van der Waals surface area contributed by atoms with Crippen molar-refractivity contribution in [3.63, 3.8) is 0 Å². The van der Waals surface area contributed by atoms with Gasteiger partial charge >= 0.3 is 0 Å². The van der Waals surface area contributed by atoms with Crippen LogP contribution < -0.4 is 22.1 Å². The Balaban J connectivity index is 2.74. The maximum Gasteiger partial charge on any atom is 0.270 e. The quantitative estimate of drug-likeness (QED) is 0.332. The van der Waals surface area contributed by atoms with Gasteiger partial charge in [-0.3, -0.25) is 4.79 Å². The molecule has 62 valence electrons. The standard InChI is InChI=1S/C6H12N4O/c7-4-5(8)9-2-1-3-10-6(4)11/h9H,1-3,7-8H2,(H,10,11)/b5-4+. The summed E-state index contributed by atoms with van der Waals surface area (Å²) < 4.78 is 0. The van der Waals surface area contributed by atoms with Crippen LogP contribution in [-0.4, -0.2) is 19.0 Å². The van der Waals surface area contributed by atoms with Crippen LogP contribution in [0, 0.1) is 0 Å². The van der Waals surface area contributed by atoms with Gasteiger partial charge in [0.15, 0.2) is 0 Å². The van der Waals surface area contributed by atoms with Crippen molar-refractivity contribution in [3.05, 3.63) is 11.5 Å². The van der Waals surface area contributed by atoms with Crippen LogP contribution in [0.1, 0.15) is 6.42 Å². The summed E-state index contributed by atoms with van der Waals surface area (Å²) in [4.78, 5) is 11.0. The fourth-order valence-corrected chi connectivity index (χ4v) is 0.826. The van der Waals surface area contributed by atoms with Gasteiger partial charge in [-0.25, -0.2) is 0 Å². The number of hydrogen-bond donors (Lipinski definition) is 4. The molecule has 0 saturated heterocycles. The smallest absolute Gasteiger partial charge is 0.270 e. The molecule has 0 aliphatic carbocycles. The summed E-state index contributed by atoms with van der Waals surface area (Å²) >= 11 is 0. The molecule has 1 rings (SSSR count). The Bertz CT molecular complexity index is 199. The zero-order chi connectivity index (χ0) is 8.27. The maximum absolute atomic E-state index is 11.0. The lowest BCUT2D eigenvalue weighted by Gasteiger charge is -2.14. The second kappa shape index (κ2) is 3.14. The number of nitrogens with two attached hydrogens (primary N) is 2. The van der Waals surface area contributed by atoms with Gasteiger partial charge in [0.25, 0.3) is 5.91 Å². The summed E-state index contributed by atoms with van der Waals surface area (Å²) in [5, 5.41) is 5.46. The number of hydrogen-bond acceptors (Lipinski definition) is 4. The highest BCUT2D eigenvalue weighted by atomic mass is 16.2. The summed E-state index contributed by atoms with van der Waals surface area (Å²) in [5.41, 5.74) is 10.9. The van der Waals surface area contributed by atoms with E-state index in [0.717, 1.165) is 13.0 Å². The first-order valence-electron chi connectivity index (χ1n) is 3.49. The third-order valence-electron chi connectivity index (χ3n) is 1.49. The van der Waals surface area contributed by atoms with Gasteiger partial charge in [0.05, 0.1) is 0 Å². The lowest BCUT2D eigenvalue weighted by molar-refractivity contribution is -0.117. The van der Waals surface area contributed by atoms with Crippen molar-refractivity contribution in [2.24, 2.45) is 11.5 Å². The van der Waals surface area contributed by atoms with Crippen LogP contribution >= 0.6 is 0 Å². The Morgan fingerprint density at radius 1 is 1.18 bits per heavy atom. The van der Waals surface area contributed by atoms with Gasteiger partial charge in [-0.1, -0.05) is 0 Å². The van der Waals surface area contributed by atoms with E-state index >= 15 is 0 Å². The third kappa shape index (κ3) is 1.76. The van der Waals surface area contributed by atoms with Gasteiger partial charge < -0.3 is 22.1 Å². The topological polar surface area (TPSA) is 93.2 Å². The van der Waals surface area contributed by atoms with Crippen LogP contribution in [-0.2, 0) is 4.79 Å². The van der Waals surface area contributed by atoms with E-state index in [2.05, 4.69) is 10.6 Å². The van der Waals surface area contributed by atoms with Crippen LogP contribution in [0.25, 0.3) is 0 Å². The molecule has 6 N–H and O–H groups in total. The van der Waals surface area contributed by atoms with E-state index in [1.807, 2.05) is 0 Å². The third-order valence-corrected chi connectivity index (χ3v) is 1.49. The van der Waals surface area contributed by atoms with Crippen molar-refractivity contribution in [1.82, 2.24) is 10.6 Å². The van der Waals surface area contributed by atoms with Crippen molar-refractivity contribution in [2.45, 2.75) is 6.42 Å². The first-order chi connectivity index (χ1) is 5.22. The van der Waals surface area contributed by atoms with Gasteiger partial charge in [0, 0.05) is 13.1 Å². The molecule has 1 aliphatic heterocycles. The van der Waals surface area contributed by atoms with Gasteiger partial charge in [-0.05, 0) is 6.42 Å². The molecule has 1 heterocycles. The van der Waals surface area contributed by atoms with Crippen LogP contribution in [0.5, 0.6) is 0 Å². The van der Waals surface area contributed by atoms with E-state index in [1.54, 1.807) is 0 Å². The molecule has 0 aromatic carbocycles. The van der Waals surface area contributed by atoms with Crippen molar-refractivity contribution in [3.8, 4) is 0 Å². The first kappa shape index (κ1) is 7.71. The minimum absolute atomic E-state index is 0.0738. The molecule has 0 aromatic rings. The van der Waals surface area contributed by atoms with Crippen LogP contribution in [0.3, 0.4) is 0 Å². The van der Waals surface area contributed by atoms with E-state index in [1.165, 1.54) is 0 Å². The zero-order valence-corrected chi connectivity index (χ0v) is 6.18. The molecule has 0 aromatic heterocycles. The van der Waals surface area contributed by atoms with E-state index in [-0.39, 0.29) is 17.4 Å². The fraction of sp³-hybridized carbons (Fsp3) is 0.500. The molecule has 0 atom stereocenters. The van der Waals surface area contributed by atoms with Crippen molar-refractivity contribution in [2.75, 3.05) is 13.1 Å². The summed E-state index contributed by atoms with van der Waals surface area (Å²) in [6, 6.07) is 0. The van der Waals surface area contributed by atoms with E-state index in [4.69, 9.17) is 11.5 Å². The number of amides is 1. The minimum Gasteiger partial charge on any atom is -0.391 e. The number of carbonyl (C=O) groups excluding carboxylic acids is 1. The Hall–Kier alpha value is -1.39. The second-order valence-electron chi connectivity index (χ2n) is 2.36. The van der Waals surface area contributed by atoms with Crippen LogP contribution in [0.4, 0.5) is 0 Å². The summed E-state index contributed by atoms with van der Waals surface area (Å²) in [5.74, 6) is -0.0306. The highest BCUT2D eigenvalue weighted by Crippen LogP contribution is 1.91. The van der Waals surface area contributed by atoms with Gasteiger partial charge in [-0.15, -0.1) is 0 Å². The number of nitrogens with one attached hydrogen (secondary N) is 2. The van der Waals surface area contributed by atoms with Gasteiger partial charge in [0.2, 0.25) is 0 Å². The molecule has 0 unspecified atom stereocenters. The normalized spacial score (nSPS) is 26.4. The molecule has 0 spiro atoms. The van der Waals surface area contributed by atoms with Gasteiger partial charge in [0.1, 0.15) is 11.5 Å². The Labute approximate surface area is 64.8 Å². The average Bonchev–Trinajstić information content (AvgIpc) is 2.00. The number of carbonyl (C=O) groups is 1. The lowest BCUT2D eigenvalue weighted by Crippen LogP contribution is -2.39.